The molecule has 4 N–H and O–H groups in total. The van der Waals surface area contributed by atoms with Crippen LogP contribution in [-0.2, 0) is 30.5 Å². The standard InChI is InChI=1S/C26H38N4O6/c1-25(2,3)14-20(22(33)28-19(15-31)13-18-11-12-27-21(18)32)29-23(34)26(4,5)30-24(35)36-16-17-9-7-6-8-10-17/h6-10,15,18-20H,11-14,16H2,1-5H3,(H,27,32)(H,28,33)(H,29,34)(H,30,35)/t18-,19-,20-/m0/s1. The zero-order chi connectivity index (χ0) is 26.9. The van der Waals surface area contributed by atoms with E-state index < -0.39 is 35.5 Å². The van der Waals surface area contributed by atoms with Crippen LogP contribution in [0.25, 0.3) is 0 Å². The molecule has 4 amide bonds. The van der Waals surface area contributed by atoms with Crippen LogP contribution in [-0.4, -0.2) is 54.3 Å². The van der Waals surface area contributed by atoms with Gasteiger partial charge in [-0.1, -0.05) is 51.1 Å². The predicted octanol–water partition coefficient (Wildman–Crippen LogP) is 1.82. The minimum atomic E-state index is -1.38. The van der Waals surface area contributed by atoms with E-state index in [4.69, 9.17) is 4.74 Å². The van der Waals surface area contributed by atoms with Crippen LogP contribution in [0.15, 0.2) is 30.3 Å². The Bertz CT molecular complexity index is 942. The summed E-state index contributed by atoms with van der Waals surface area (Å²) in [7, 11) is 0. The maximum atomic E-state index is 13.1. The molecule has 198 valence electrons. The molecule has 1 heterocycles. The Kier molecular flexibility index (Phi) is 10.0. The summed E-state index contributed by atoms with van der Waals surface area (Å²) in [5.41, 5.74) is -0.906. The molecule has 36 heavy (non-hydrogen) atoms. The number of rotatable bonds is 11. The van der Waals surface area contributed by atoms with Crippen LogP contribution >= 0.6 is 0 Å². The molecule has 3 atom stereocenters. The smallest absolute Gasteiger partial charge is 0.408 e. The van der Waals surface area contributed by atoms with E-state index in [1.807, 2.05) is 51.1 Å². The summed E-state index contributed by atoms with van der Waals surface area (Å²) in [6.07, 6.45) is 0.910. The van der Waals surface area contributed by atoms with Gasteiger partial charge in [-0.3, -0.25) is 14.4 Å². The van der Waals surface area contributed by atoms with E-state index in [1.54, 1.807) is 0 Å². The lowest BCUT2D eigenvalue weighted by molar-refractivity contribution is -0.133. The summed E-state index contributed by atoms with van der Waals surface area (Å²) < 4.78 is 5.21. The molecule has 1 aliphatic rings. The van der Waals surface area contributed by atoms with Crippen LogP contribution in [0.2, 0.25) is 0 Å². The molecule has 0 unspecified atom stereocenters. The first kappa shape index (κ1) is 28.8. The van der Waals surface area contributed by atoms with Crippen LogP contribution in [0.4, 0.5) is 4.79 Å². The van der Waals surface area contributed by atoms with Gasteiger partial charge in [0.05, 0.1) is 6.04 Å². The summed E-state index contributed by atoms with van der Waals surface area (Å²) in [6.45, 7) is 9.36. The molecule has 1 saturated heterocycles. The fourth-order valence-electron chi connectivity index (χ4n) is 3.84. The van der Waals surface area contributed by atoms with Crippen molar-refractivity contribution in [2.75, 3.05) is 6.54 Å². The van der Waals surface area contributed by atoms with E-state index in [2.05, 4.69) is 21.3 Å². The lowest BCUT2D eigenvalue weighted by Crippen LogP contribution is -2.60. The molecule has 10 heteroatoms. The molecule has 0 aliphatic carbocycles. The first-order valence-corrected chi connectivity index (χ1v) is 12.1. The Labute approximate surface area is 212 Å². The van der Waals surface area contributed by atoms with Crippen LogP contribution in [0.3, 0.4) is 0 Å². The Morgan fingerprint density at radius 2 is 1.78 bits per heavy atom. The lowest BCUT2D eigenvalue weighted by atomic mass is 9.87. The number of benzene rings is 1. The minimum absolute atomic E-state index is 0.0472. The van der Waals surface area contributed by atoms with E-state index in [-0.39, 0.29) is 36.7 Å². The van der Waals surface area contributed by atoms with Gasteiger partial charge < -0.3 is 30.8 Å². The number of carbonyl (C=O) groups is 5. The fraction of sp³-hybridized carbons (Fsp3) is 0.577. The molecule has 0 aromatic heterocycles. The molecule has 10 nitrogen and oxygen atoms in total. The maximum Gasteiger partial charge on any atom is 0.408 e. The number of nitrogens with one attached hydrogen (secondary N) is 4. The van der Waals surface area contributed by atoms with Crippen molar-refractivity contribution in [2.45, 2.75) is 78.1 Å². The summed E-state index contributed by atoms with van der Waals surface area (Å²) in [4.78, 5) is 61.9. The summed E-state index contributed by atoms with van der Waals surface area (Å²) in [5.74, 6) is -1.60. The fourth-order valence-corrected chi connectivity index (χ4v) is 3.84. The van der Waals surface area contributed by atoms with Crippen LogP contribution in [0.1, 0.15) is 59.4 Å². The average Bonchev–Trinajstić information content (AvgIpc) is 3.20. The van der Waals surface area contributed by atoms with Gasteiger partial charge in [0.15, 0.2) is 0 Å². The quantitative estimate of drug-likeness (QED) is 0.340. The molecule has 1 fully saturated rings. The SMILES string of the molecule is CC(C)(C)C[C@H](NC(=O)C(C)(C)NC(=O)OCc1ccccc1)C(=O)N[C@H](C=O)C[C@@H]1CCNC1=O. The molecule has 0 saturated carbocycles. The van der Waals surface area contributed by atoms with Crippen molar-refractivity contribution in [1.82, 2.24) is 21.3 Å². The van der Waals surface area contributed by atoms with Crippen molar-refractivity contribution in [1.29, 1.82) is 0 Å². The van der Waals surface area contributed by atoms with Gasteiger partial charge in [0.1, 0.15) is 24.5 Å². The van der Waals surface area contributed by atoms with E-state index in [0.29, 0.717) is 19.3 Å². The van der Waals surface area contributed by atoms with Gasteiger partial charge >= 0.3 is 6.09 Å². The molecule has 0 spiro atoms. The number of amides is 4. The van der Waals surface area contributed by atoms with Gasteiger partial charge in [0.2, 0.25) is 17.7 Å². The second-order valence-electron chi connectivity index (χ2n) is 10.9. The van der Waals surface area contributed by atoms with E-state index >= 15 is 0 Å². The number of carbonyl (C=O) groups excluding carboxylic acids is 5. The zero-order valence-corrected chi connectivity index (χ0v) is 21.7. The van der Waals surface area contributed by atoms with Crippen molar-refractivity contribution in [3.63, 3.8) is 0 Å². The normalized spacial score (nSPS) is 17.4. The van der Waals surface area contributed by atoms with Gasteiger partial charge in [0, 0.05) is 12.5 Å². The Morgan fingerprint density at radius 1 is 1.11 bits per heavy atom. The molecule has 1 aliphatic heterocycles. The van der Waals surface area contributed by atoms with Gasteiger partial charge in [-0.25, -0.2) is 4.79 Å². The van der Waals surface area contributed by atoms with E-state index in [1.165, 1.54) is 13.8 Å². The summed E-state index contributed by atoms with van der Waals surface area (Å²) in [6, 6.07) is 7.31. The topological polar surface area (TPSA) is 143 Å². The van der Waals surface area contributed by atoms with Crippen molar-refractivity contribution < 1.29 is 28.7 Å². The maximum absolute atomic E-state index is 13.1. The average molecular weight is 503 g/mol. The number of alkyl carbamates (subject to hydrolysis) is 1. The highest BCUT2D eigenvalue weighted by Gasteiger charge is 2.36. The first-order chi connectivity index (χ1) is 16.8. The molecule has 2 rings (SSSR count). The Hall–Kier alpha value is -3.43. The minimum Gasteiger partial charge on any atom is -0.445 e. The second kappa shape index (κ2) is 12.5. The van der Waals surface area contributed by atoms with Crippen LogP contribution in [0, 0.1) is 11.3 Å². The highest BCUT2D eigenvalue weighted by Crippen LogP contribution is 2.22. The first-order valence-electron chi connectivity index (χ1n) is 12.1. The zero-order valence-electron chi connectivity index (χ0n) is 21.7. The second-order valence-corrected chi connectivity index (χ2v) is 10.9. The molecular weight excluding hydrogens is 464 g/mol. The van der Waals surface area contributed by atoms with Crippen molar-refractivity contribution >= 4 is 30.1 Å². The highest BCUT2D eigenvalue weighted by molar-refractivity contribution is 5.94. The summed E-state index contributed by atoms with van der Waals surface area (Å²) >= 11 is 0. The van der Waals surface area contributed by atoms with Crippen molar-refractivity contribution in [3.05, 3.63) is 35.9 Å². The van der Waals surface area contributed by atoms with Crippen molar-refractivity contribution in [3.8, 4) is 0 Å². The van der Waals surface area contributed by atoms with Gasteiger partial charge in [0.25, 0.3) is 0 Å². The molecule has 1 aromatic carbocycles. The van der Waals surface area contributed by atoms with Gasteiger partial charge in [-0.15, -0.1) is 0 Å². The van der Waals surface area contributed by atoms with E-state index in [0.717, 1.165) is 5.56 Å². The molecule has 0 radical (unpaired) electrons. The lowest BCUT2D eigenvalue weighted by Gasteiger charge is -2.31. The molecule has 1 aromatic rings. The van der Waals surface area contributed by atoms with Crippen molar-refractivity contribution in [2.24, 2.45) is 11.3 Å². The van der Waals surface area contributed by atoms with Gasteiger partial charge in [-0.05, 0) is 44.1 Å². The molecular formula is C26H38N4O6. The van der Waals surface area contributed by atoms with E-state index in [9.17, 15) is 24.0 Å². The highest BCUT2D eigenvalue weighted by atomic mass is 16.5. The van der Waals surface area contributed by atoms with Crippen LogP contribution < -0.4 is 21.3 Å². The summed E-state index contributed by atoms with van der Waals surface area (Å²) in [5, 5.41) is 10.6. The third kappa shape index (κ3) is 9.31. The number of hydrogen-bond acceptors (Lipinski definition) is 6. The third-order valence-corrected chi connectivity index (χ3v) is 5.83. The Balaban J connectivity index is 2.00. The largest absolute Gasteiger partial charge is 0.445 e. The van der Waals surface area contributed by atoms with Crippen LogP contribution in [0.5, 0.6) is 0 Å². The predicted molar refractivity (Wildman–Crippen MR) is 134 cm³/mol. The number of ether oxygens (including phenoxy) is 1. The van der Waals surface area contributed by atoms with Gasteiger partial charge in [-0.2, -0.15) is 0 Å². The molecule has 0 bridgehead atoms. The monoisotopic (exact) mass is 502 g/mol. The Morgan fingerprint density at radius 3 is 2.33 bits per heavy atom. The number of hydrogen-bond donors (Lipinski definition) is 4. The third-order valence-electron chi connectivity index (χ3n) is 5.83. The number of aldehydes is 1.